The van der Waals surface area contributed by atoms with Crippen LogP contribution in [0.3, 0.4) is 0 Å². The van der Waals surface area contributed by atoms with E-state index in [4.69, 9.17) is 9.47 Å². The maximum atomic E-state index is 14.0. The van der Waals surface area contributed by atoms with E-state index < -0.39 is 0 Å². The van der Waals surface area contributed by atoms with Crippen LogP contribution in [-0.4, -0.2) is 25.9 Å². The van der Waals surface area contributed by atoms with Crippen molar-refractivity contribution < 1.29 is 13.9 Å². The van der Waals surface area contributed by atoms with Gasteiger partial charge in [0.1, 0.15) is 0 Å². The molecular weight excluding hydrogens is 257 g/mol. The predicted octanol–water partition coefficient (Wildman–Crippen LogP) is 3.69. The number of para-hydroxylation sites is 1. The van der Waals surface area contributed by atoms with Gasteiger partial charge in [-0.15, -0.1) is 0 Å². The molecule has 0 amide bonds. The summed E-state index contributed by atoms with van der Waals surface area (Å²) in [5.41, 5.74) is 0.584. The molecule has 1 unspecified atom stereocenters. The average Bonchev–Trinajstić information content (AvgIpc) is 2.40. The summed E-state index contributed by atoms with van der Waals surface area (Å²) in [5.74, 6) is 0.0235. The summed E-state index contributed by atoms with van der Waals surface area (Å²) >= 11 is 0. The molecule has 0 radical (unpaired) electrons. The Morgan fingerprint density at radius 3 is 2.65 bits per heavy atom. The van der Waals surface area contributed by atoms with Gasteiger partial charge in [-0.2, -0.15) is 0 Å². The Morgan fingerprint density at radius 2 is 2.05 bits per heavy atom. The van der Waals surface area contributed by atoms with Crippen molar-refractivity contribution in [2.24, 2.45) is 0 Å². The molecule has 4 heteroatoms. The van der Waals surface area contributed by atoms with Gasteiger partial charge in [-0.1, -0.05) is 19.1 Å². The maximum absolute atomic E-state index is 14.0. The summed E-state index contributed by atoms with van der Waals surface area (Å²) in [6, 6.07) is 5.09. The summed E-state index contributed by atoms with van der Waals surface area (Å²) in [5, 5.41) is 3.28. The van der Waals surface area contributed by atoms with Crippen molar-refractivity contribution in [2.45, 2.75) is 45.8 Å². The van der Waals surface area contributed by atoms with Crippen molar-refractivity contribution in [3.05, 3.63) is 29.6 Å². The van der Waals surface area contributed by atoms with E-state index in [2.05, 4.69) is 5.32 Å². The van der Waals surface area contributed by atoms with Gasteiger partial charge in [0.15, 0.2) is 11.6 Å². The van der Waals surface area contributed by atoms with Gasteiger partial charge in [-0.05, 0) is 33.4 Å². The van der Waals surface area contributed by atoms with Gasteiger partial charge in [0.25, 0.3) is 0 Å². The minimum Gasteiger partial charge on any atom is -0.490 e. The first-order chi connectivity index (χ1) is 9.41. The normalized spacial score (nSPS) is 13.3. The van der Waals surface area contributed by atoms with E-state index in [0.717, 1.165) is 12.1 Å². The van der Waals surface area contributed by atoms with Gasteiger partial charge in [0.05, 0.1) is 12.2 Å². The van der Waals surface area contributed by atoms with Crippen LogP contribution < -0.4 is 10.1 Å². The average molecular weight is 283 g/mol. The van der Waals surface area contributed by atoms with Gasteiger partial charge in [-0.3, -0.25) is 0 Å². The molecule has 1 atom stereocenters. The number of nitrogens with one attached hydrogen (secondary N) is 1. The van der Waals surface area contributed by atoms with E-state index in [-0.39, 0.29) is 17.5 Å². The first-order valence-electron chi connectivity index (χ1n) is 7.11. The zero-order chi connectivity index (χ0) is 15.2. The number of hydrogen-bond donors (Lipinski definition) is 1. The molecule has 1 rings (SSSR count). The van der Waals surface area contributed by atoms with E-state index in [0.29, 0.717) is 18.8 Å². The number of ether oxygens (including phenoxy) is 2. The van der Waals surface area contributed by atoms with Crippen LogP contribution in [0.4, 0.5) is 4.39 Å². The van der Waals surface area contributed by atoms with Crippen LogP contribution in [0.2, 0.25) is 0 Å². The second-order valence-corrected chi connectivity index (χ2v) is 5.50. The fraction of sp³-hybridized carbons (Fsp3) is 0.625. The Balaban J connectivity index is 2.78. The maximum Gasteiger partial charge on any atom is 0.165 e. The molecule has 3 nitrogen and oxygen atoms in total. The largest absolute Gasteiger partial charge is 0.490 e. The first-order valence-corrected chi connectivity index (χ1v) is 7.11. The van der Waals surface area contributed by atoms with Crippen LogP contribution in [0.25, 0.3) is 0 Å². The Hall–Kier alpha value is -1.13. The molecule has 1 aromatic rings. The Kier molecular flexibility index (Phi) is 6.43. The predicted molar refractivity (Wildman–Crippen MR) is 79.7 cm³/mol. The molecule has 0 aromatic heterocycles. The second kappa shape index (κ2) is 7.60. The second-order valence-electron chi connectivity index (χ2n) is 5.50. The molecule has 0 bridgehead atoms. The van der Waals surface area contributed by atoms with E-state index in [1.165, 1.54) is 6.07 Å². The number of rotatable bonds is 8. The van der Waals surface area contributed by atoms with Gasteiger partial charge in [0, 0.05) is 25.1 Å². The summed E-state index contributed by atoms with van der Waals surface area (Å²) in [4.78, 5) is 0. The molecule has 0 fully saturated rings. The van der Waals surface area contributed by atoms with E-state index in [1.807, 2.05) is 33.8 Å². The molecule has 114 valence electrons. The monoisotopic (exact) mass is 283 g/mol. The molecule has 1 aromatic carbocycles. The standard InChI is InChI=1S/C16H26FNO2/c1-6-18-12(2)13-8-7-9-14(17)15(13)20-11-10-16(3,4)19-5/h7-9,12,18H,6,10-11H2,1-5H3. The van der Waals surface area contributed by atoms with Crippen LogP contribution >= 0.6 is 0 Å². The smallest absolute Gasteiger partial charge is 0.165 e. The van der Waals surface area contributed by atoms with Crippen LogP contribution in [0, 0.1) is 5.82 Å². The lowest BCUT2D eigenvalue weighted by Gasteiger charge is -2.24. The molecule has 0 aliphatic rings. The summed E-state index contributed by atoms with van der Waals surface area (Å²) in [7, 11) is 1.67. The van der Waals surface area contributed by atoms with Crippen molar-refractivity contribution in [3.8, 4) is 5.75 Å². The molecule has 0 aliphatic carbocycles. The van der Waals surface area contributed by atoms with E-state index >= 15 is 0 Å². The topological polar surface area (TPSA) is 30.5 Å². The van der Waals surface area contributed by atoms with Crippen LogP contribution in [-0.2, 0) is 4.74 Å². The Bertz CT molecular complexity index is 421. The molecule has 0 saturated carbocycles. The molecule has 20 heavy (non-hydrogen) atoms. The number of methoxy groups -OCH3 is 1. The lowest BCUT2D eigenvalue weighted by molar-refractivity contribution is 0.00502. The third-order valence-corrected chi connectivity index (χ3v) is 3.48. The van der Waals surface area contributed by atoms with Crippen LogP contribution in [0.1, 0.15) is 45.7 Å². The summed E-state index contributed by atoms with van der Waals surface area (Å²) in [6.07, 6.45) is 0.701. The molecule has 0 spiro atoms. The van der Waals surface area contributed by atoms with Crippen LogP contribution in [0.5, 0.6) is 5.75 Å². The lowest BCUT2D eigenvalue weighted by Crippen LogP contribution is -2.25. The van der Waals surface area contributed by atoms with Gasteiger partial charge < -0.3 is 14.8 Å². The summed E-state index contributed by atoms with van der Waals surface area (Å²) in [6.45, 7) is 9.25. The molecular formula is C16H26FNO2. The SMILES string of the molecule is CCNC(C)c1cccc(F)c1OCCC(C)(C)OC. The Morgan fingerprint density at radius 1 is 1.35 bits per heavy atom. The van der Waals surface area contributed by atoms with Crippen molar-refractivity contribution in [1.29, 1.82) is 0 Å². The quantitative estimate of drug-likeness (QED) is 0.789. The molecule has 0 saturated heterocycles. The highest BCUT2D eigenvalue weighted by Crippen LogP contribution is 2.28. The number of hydrogen-bond acceptors (Lipinski definition) is 3. The highest BCUT2D eigenvalue weighted by molar-refractivity contribution is 5.37. The minimum absolute atomic E-state index is 0.0566. The van der Waals surface area contributed by atoms with Gasteiger partial charge >= 0.3 is 0 Å². The summed E-state index contributed by atoms with van der Waals surface area (Å²) < 4.78 is 25.0. The fourth-order valence-electron chi connectivity index (χ4n) is 1.94. The third-order valence-electron chi connectivity index (χ3n) is 3.48. The zero-order valence-electron chi connectivity index (χ0n) is 13.1. The van der Waals surface area contributed by atoms with Crippen molar-refractivity contribution in [2.75, 3.05) is 20.3 Å². The van der Waals surface area contributed by atoms with E-state index in [1.54, 1.807) is 13.2 Å². The van der Waals surface area contributed by atoms with Gasteiger partial charge in [-0.25, -0.2) is 4.39 Å². The minimum atomic E-state index is -0.317. The highest BCUT2D eigenvalue weighted by atomic mass is 19.1. The number of halogens is 1. The molecule has 0 aliphatic heterocycles. The third kappa shape index (κ3) is 4.76. The first kappa shape index (κ1) is 16.9. The molecule has 0 heterocycles. The highest BCUT2D eigenvalue weighted by Gasteiger charge is 2.19. The van der Waals surface area contributed by atoms with E-state index in [9.17, 15) is 4.39 Å². The lowest BCUT2D eigenvalue weighted by atomic mass is 10.1. The van der Waals surface area contributed by atoms with Crippen molar-refractivity contribution >= 4 is 0 Å². The van der Waals surface area contributed by atoms with Crippen molar-refractivity contribution in [3.63, 3.8) is 0 Å². The number of benzene rings is 1. The fourth-order valence-corrected chi connectivity index (χ4v) is 1.94. The zero-order valence-corrected chi connectivity index (χ0v) is 13.1. The van der Waals surface area contributed by atoms with Crippen LogP contribution in [0.15, 0.2) is 18.2 Å². The Labute approximate surface area is 121 Å². The van der Waals surface area contributed by atoms with Crippen molar-refractivity contribution in [1.82, 2.24) is 5.32 Å². The molecule has 1 N–H and O–H groups in total. The van der Waals surface area contributed by atoms with Gasteiger partial charge in [0.2, 0.25) is 0 Å².